The van der Waals surface area contributed by atoms with E-state index in [0.29, 0.717) is 6.04 Å². The molecule has 2 fully saturated rings. The van der Waals surface area contributed by atoms with Crippen molar-refractivity contribution in [2.45, 2.75) is 36.8 Å². The minimum atomic E-state index is 0.194. The van der Waals surface area contributed by atoms with E-state index in [1.165, 1.54) is 0 Å². The molecule has 3 atom stereocenters. The Kier molecular flexibility index (Phi) is 3.30. The largest absolute Gasteiger partial charge is 0.396 e. The van der Waals surface area contributed by atoms with Crippen molar-refractivity contribution in [2.75, 3.05) is 13.7 Å². The topological polar surface area (TPSA) is 53.9 Å². The molecule has 0 aliphatic carbocycles. The molecule has 0 radical (unpaired) electrons. The van der Waals surface area contributed by atoms with Crippen LogP contribution in [0.15, 0.2) is 4.99 Å². The van der Waals surface area contributed by atoms with Gasteiger partial charge in [0.1, 0.15) is 5.44 Å². The molecular formula is C9H16N2O2S. The Morgan fingerprint density at radius 3 is 3.21 bits per heavy atom. The van der Waals surface area contributed by atoms with Crippen molar-refractivity contribution < 1.29 is 9.84 Å². The van der Waals surface area contributed by atoms with Gasteiger partial charge in [0.05, 0.1) is 12.1 Å². The second kappa shape index (κ2) is 4.51. The summed E-state index contributed by atoms with van der Waals surface area (Å²) in [5.41, 5.74) is 0.194. The van der Waals surface area contributed by atoms with Gasteiger partial charge in [-0.1, -0.05) is 11.8 Å². The van der Waals surface area contributed by atoms with E-state index >= 15 is 0 Å². The molecule has 0 aromatic carbocycles. The zero-order valence-electron chi connectivity index (χ0n) is 8.27. The number of nitrogens with one attached hydrogen (secondary N) is 1. The van der Waals surface area contributed by atoms with E-state index in [9.17, 15) is 0 Å². The number of ether oxygens (including phenoxy) is 1. The minimum Gasteiger partial charge on any atom is -0.396 e. The van der Waals surface area contributed by atoms with Crippen LogP contribution in [0.3, 0.4) is 0 Å². The Morgan fingerprint density at radius 1 is 1.64 bits per heavy atom. The average molecular weight is 216 g/mol. The number of thioether (sulfide) groups is 1. The lowest BCUT2D eigenvalue weighted by molar-refractivity contribution is -0.0266. The highest BCUT2D eigenvalue weighted by atomic mass is 32.2. The molecule has 0 bridgehead atoms. The predicted octanol–water partition coefficient (Wildman–Crippen LogP) is 0.565. The average Bonchev–Trinajstić information content (AvgIpc) is 2.60. The highest BCUT2D eigenvalue weighted by Crippen LogP contribution is 2.33. The van der Waals surface area contributed by atoms with Gasteiger partial charge in [-0.3, -0.25) is 4.99 Å². The summed E-state index contributed by atoms with van der Waals surface area (Å²) in [7, 11) is 1.79. The lowest BCUT2D eigenvalue weighted by Crippen LogP contribution is -2.40. The van der Waals surface area contributed by atoms with Crippen LogP contribution in [-0.2, 0) is 4.74 Å². The highest BCUT2D eigenvalue weighted by molar-refractivity contribution is 8.14. The number of amidine groups is 1. The Labute approximate surface area is 88.1 Å². The zero-order chi connectivity index (χ0) is 9.97. The van der Waals surface area contributed by atoms with Crippen LogP contribution in [0.4, 0.5) is 0 Å². The van der Waals surface area contributed by atoms with Gasteiger partial charge in [-0.2, -0.15) is 0 Å². The summed E-state index contributed by atoms with van der Waals surface area (Å²) in [4.78, 5) is 4.12. The van der Waals surface area contributed by atoms with Crippen molar-refractivity contribution in [1.29, 1.82) is 0 Å². The van der Waals surface area contributed by atoms with Gasteiger partial charge in [0.15, 0.2) is 5.17 Å². The van der Waals surface area contributed by atoms with Crippen LogP contribution in [0.25, 0.3) is 0 Å². The first kappa shape index (κ1) is 10.3. The molecule has 0 aromatic rings. The van der Waals surface area contributed by atoms with Crippen LogP contribution < -0.4 is 5.32 Å². The van der Waals surface area contributed by atoms with Gasteiger partial charge >= 0.3 is 0 Å². The summed E-state index contributed by atoms with van der Waals surface area (Å²) in [6, 6.07) is 0.411. The maximum absolute atomic E-state index is 8.83. The number of nitrogens with zero attached hydrogens (tertiary/aromatic N) is 1. The molecule has 2 saturated heterocycles. The predicted molar refractivity (Wildman–Crippen MR) is 57.5 cm³/mol. The fraction of sp³-hybridized carbons (Fsp3) is 0.889. The summed E-state index contributed by atoms with van der Waals surface area (Å²) in [5, 5.41) is 13.1. The number of aliphatic hydroxyl groups excluding tert-OH is 1. The zero-order valence-corrected chi connectivity index (χ0v) is 9.09. The minimum absolute atomic E-state index is 0.194. The fourth-order valence-electron chi connectivity index (χ4n) is 1.88. The maximum atomic E-state index is 8.83. The van der Waals surface area contributed by atoms with Crippen LogP contribution in [0.5, 0.6) is 0 Å². The van der Waals surface area contributed by atoms with E-state index in [1.807, 2.05) is 0 Å². The molecule has 2 aliphatic rings. The summed E-state index contributed by atoms with van der Waals surface area (Å²) < 4.78 is 5.84. The molecule has 5 heteroatoms. The summed E-state index contributed by atoms with van der Waals surface area (Å²) >= 11 is 1.66. The van der Waals surface area contributed by atoms with Crippen LogP contribution in [-0.4, -0.2) is 41.5 Å². The molecule has 2 aliphatic heterocycles. The quantitative estimate of drug-likeness (QED) is 0.708. The van der Waals surface area contributed by atoms with Gasteiger partial charge in [0.2, 0.25) is 0 Å². The third-order valence-corrected chi connectivity index (χ3v) is 3.84. The fourth-order valence-corrected chi connectivity index (χ4v) is 3.01. The molecule has 0 saturated carbocycles. The van der Waals surface area contributed by atoms with E-state index in [2.05, 4.69) is 10.3 Å². The van der Waals surface area contributed by atoms with Crippen molar-refractivity contribution in [3.63, 3.8) is 0 Å². The molecule has 0 unspecified atom stereocenters. The highest BCUT2D eigenvalue weighted by Gasteiger charge is 2.37. The lowest BCUT2D eigenvalue weighted by atomic mass is 10.0. The Hall–Kier alpha value is -0.260. The molecule has 0 amide bonds. The molecule has 4 nitrogen and oxygen atoms in total. The number of aliphatic imine (C=N–C) groups is 1. The Morgan fingerprint density at radius 2 is 2.50 bits per heavy atom. The standard InChI is InChI=1S/C9H16N2O2S/c1-10-9-11-7-3-2-6(4-5-12)13-8(7)14-9/h6-8,12H,2-5H2,1H3,(H,10,11)/t6-,7-,8-/m1/s1. The number of rotatable bonds is 2. The molecule has 2 N–H and O–H groups in total. The second-order valence-corrected chi connectivity index (χ2v) is 4.70. The van der Waals surface area contributed by atoms with Crippen LogP contribution in [0, 0.1) is 0 Å². The number of fused-ring (bicyclic) bond motifs is 1. The number of aliphatic hydroxyl groups is 1. The first-order chi connectivity index (χ1) is 6.83. The first-order valence-corrected chi connectivity index (χ1v) is 5.87. The molecular weight excluding hydrogens is 200 g/mol. The summed E-state index contributed by atoms with van der Waals surface area (Å²) in [6.45, 7) is 0.217. The summed E-state index contributed by atoms with van der Waals surface area (Å²) in [5.74, 6) is 0. The maximum Gasteiger partial charge on any atom is 0.159 e. The SMILES string of the molecule is CN=C1N[C@@H]2CC[C@H](CCO)O[C@@H]2S1. The van der Waals surface area contributed by atoms with E-state index in [4.69, 9.17) is 9.84 Å². The van der Waals surface area contributed by atoms with Gasteiger partial charge in [-0.25, -0.2) is 0 Å². The van der Waals surface area contributed by atoms with Crippen LogP contribution in [0.2, 0.25) is 0 Å². The van der Waals surface area contributed by atoms with E-state index in [0.717, 1.165) is 24.4 Å². The first-order valence-electron chi connectivity index (χ1n) is 5.00. The van der Waals surface area contributed by atoms with Crippen LogP contribution in [0.1, 0.15) is 19.3 Å². The van der Waals surface area contributed by atoms with Crippen LogP contribution >= 0.6 is 11.8 Å². The summed E-state index contributed by atoms with van der Waals surface area (Å²) in [6.07, 6.45) is 3.13. The lowest BCUT2D eigenvalue weighted by Gasteiger charge is -2.30. The van der Waals surface area contributed by atoms with E-state index < -0.39 is 0 Å². The van der Waals surface area contributed by atoms with E-state index in [-0.39, 0.29) is 18.1 Å². The molecule has 14 heavy (non-hydrogen) atoms. The molecule has 2 heterocycles. The molecule has 0 spiro atoms. The van der Waals surface area contributed by atoms with Crippen molar-refractivity contribution in [1.82, 2.24) is 5.32 Å². The van der Waals surface area contributed by atoms with Crippen molar-refractivity contribution in [3.05, 3.63) is 0 Å². The van der Waals surface area contributed by atoms with Gasteiger partial charge in [-0.05, 0) is 19.3 Å². The van der Waals surface area contributed by atoms with Gasteiger partial charge in [-0.15, -0.1) is 0 Å². The Bertz CT molecular complexity index is 235. The van der Waals surface area contributed by atoms with Gasteiger partial charge < -0.3 is 15.2 Å². The Balaban J connectivity index is 1.91. The third-order valence-electron chi connectivity index (χ3n) is 2.65. The third kappa shape index (κ3) is 2.04. The normalized spacial score (nSPS) is 39.6. The van der Waals surface area contributed by atoms with Crippen molar-refractivity contribution >= 4 is 16.9 Å². The monoisotopic (exact) mass is 216 g/mol. The molecule has 80 valence electrons. The van der Waals surface area contributed by atoms with E-state index in [1.54, 1.807) is 18.8 Å². The van der Waals surface area contributed by atoms with Gasteiger partial charge in [0, 0.05) is 13.7 Å². The second-order valence-electron chi connectivity index (χ2n) is 3.61. The smallest absolute Gasteiger partial charge is 0.159 e. The number of hydrogen-bond donors (Lipinski definition) is 2. The molecule has 2 rings (SSSR count). The number of hydrogen-bond acceptors (Lipinski definition) is 4. The van der Waals surface area contributed by atoms with Crippen molar-refractivity contribution in [3.8, 4) is 0 Å². The van der Waals surface area contributed by atoms with Gasteiger partial charge in [0.25, 0.3) is 0 Å². The molecule has 0 aromatic heterocycles. The van der Waals surface area contributed by atoms with Crippen molar-refractivity contribution in [2.24, 2.45) is 4.99 Å².